The van der Waals surface area contributed by atoms with Crippen LogP contribution in [0.15, 0.2) is 0 Å². The second kappa shape index (κ2) is 20.3. The van der Waals surface area contributed by atoms with Crippen LogP contribution in [0, 0.1) is 0 Å². The molecule has 1 aliphatic heterocycles. The van der Waals surface area contributed by atoms with E-state index in [-0.39, 0.29) is 24.4 Å². The maximum absolute atomic E-state index is 11.8. The first-order chi connectivity index (χ1) is 13.2. The molecule has 1 aliphatic rings. The van der Waals surface area contributed by atoms with E-state index in [9.17, 15) is 9.90 Å². The fourth-order valence-corrected chi connectivity index (χ4v) is 4.45. The number of β-amino-alcohol motifs (C(OH)–C–C–N with tert-alkyl or cyclic N) is 1. The van der Waals surface area contributed by atoms with Gasteiger partial charge in [-0.2, -0.15) is 11.8 Å². The number of carbonyl (C=O) groups excluding carboxylic acids is 1. The van der Waals surface area contributed by atoms with Crippen molar-refractivity contribution in [2.24, 2.45) is 0 Å². The average molecular weight is 437 g/mol. The molecule has 4 nitrogen and oxygen atoms in total. The van der Waals surface area contributed by atoms with E-state index in [1.807, 2.05) is 0 Å². The Bertz CT molecular complexity index is 355. The van der Waals surface area contributed by atoms with Gasteiger partial charge in [0.05, 0.1) is 6.10 Å². The highest BCUT2D eigenvalue weighted by Gasteiger charge is 2.14. The first-order valence-electron chi connectivity index (χ1n) is 11.5. The number of halogens is 1. The smallest absolute Gasteiger partial charge is 0.220 e. The van der Waals surface area contributed by atoms with E-state index in [1.54, 1.807) is 11.8 Å². The predicted octanol–water partition coefficient (Wildman–Crippen LogP) is 5.03. The standard InChI is InChI=1S/C22H44N2O2S.ClH/c1-2-3-4-5-6-7-8-9-11-14-22(26)23-15-18-27-20-21(25)19-24-16-12-10-13-17-24;/h21,25H,2-20H2,1H3,(H,23,26);1H. The minimum Gasteiger partial charge on any atom is -0.391 e. The minimum absolute atomic E-state index is 0. The Kier molecular flexibility index (Phi) is 20.3. The summed E-state index contributed by atoms with van der Waals surface area (Å²) in [5.74, 6) is 1.85. The van der Waals surface area contributed by atoms with Gasteiger partial charge in [0.15, 0.2) is 0 Å². The third-order valence-electron chi connectivity index (χ3n) is 5.30. The van der Waals surface area contributed by atoms with Crippen LogP contribution < -0.4 is 5.32 Å². The van der Waals surface area contributed by atoms with Gasteiger partial charge in [0.2, 0.25) is 5.91 Å². The van der Waals surface area contributed by atoms with Crippen LogP contribution in [0.25, 0.3) is 0 Å². The van der Waals surface area contributed by atoms with Gasteiger partial charge >= 0.3 is 0 Å². The molecule has 28 heavy (non-hydrogen) atoms. The van der Waals surface area contributed by atoms with Gasteiger partial charge in [0, 0.05) is 31.0 Å². The van der Waals surface area contributed by atoms with E-state index in [1.165, 1.54) is 70.6 Å². The second-order valence-electron chi connectivity index (χ2n) is 8.02. The summed E-state index contributed by atoms with van der Waals surface area (Å²) in [6.07, 6.45) is 15.9. The van der Waals surface area contributed by atoms with Crippen LogP contribution in [-0.4, -0.2) is 59.7 Å². The van der Waals surface area contributed by atoms with Gasteiger partial charge in [-0.05, 0) is 32.4 Å². The van der Waals surface area contributed by atoms with Gasteiger partial charge in [-0.3, -0.25) is 4.79 Å². The molecule has 0 aromatic rings. The van der Waals surface area contributed by atoms with Crippen LogP contribution in [0.1, 0.15) is 90.4 Å². The number of hydrogen-bond acceptors (Lipinski definition) is 4. The number of aliphatic hydroxyl groups excluding tert-OH is 1. The lowest BCUT2D eigenvalue weighted by Gasteiger charge is -2.28. The molecule has 0 bridgehead atoms. The lowest BCUT2D eigenvalue weighted by atomic mass is 10.1. The van der Waals surface area contributed by atoms with Gasteiger partial charge in [0.1, 0.15) is 0 Å². The molecule has 1 heterocycles. The third-order valence-corrected chi connectivity index (χ3v) is 6.42. The lowest BCUT2D eigenvalue weighted by Crippen LogP contribution is -2.37. The van der Waals surface area contributed by atoms with Crippen LogP contribution in [0.2, 0.25) is 0 Å². The predicted molar refractivity (Wildman–Crippen MR) is 126 cm³/mol. The fourth-order valence-electron chi connectivity index (χ4n) is 3.66. The number of rotatable bonds is 17. The second-order valence-corrected chi connectivity index (χ2v) is 9.17. The summed E-state index contributed by atoms with van der Waals surface area (Å²) >= 11 is 1.74. The van der Waals surface area contributed by atoms with Gasteiger partial charge in [-0.15, -0.1) is 12.4 Å². The van der Waals surface area contributed by atoms with Crippen LogP contribution >= 0.6 is 24.2 Å². The third kappa shape index (κ3) is 16.9. The van der Waals surface area contributed by atoms with Crippen molar-refractivity contribution in [2.45, 2.75) is 96.5 Å². The summed E-state index contributed by atoms with van der Waals surface area (Å²) < 4.78 is 0. The van der Waals surface area contributed by atoms with Gasteiger partial charge in [0.25, 0.3) is 0 Å². The molecule has 1 atom stereocenters. The molecule has 2 N–H and O–H groups in total. The quantitative estimate of drug-likeness (QED) is 0.314. The highest BCUT2D eigenvalue weighted by molar-refractivity contribution is 7.99. The molecule has 1 fully saturated rings. The highest BCUT2D eigenvalue weighted by Crippen LogP contribution is 2.12. The summed E-state index contributed by atoms with van der Waals surface area (Å²) in [6.45, 7) is 6.05. The van der Waals surface area contributed by atoms with Crippen molar-refractivity contribution in [1.82, 2.24) is 10.2 Å². The largest absolute Gasteiger partial charge is 0.391 e. The van der Waals surface area contributed by atoms with E-state index >= 15 is 0 Å². The maximum Gasteiger partial charge on any atom is 0.220 e. The topological polar surface area (TPSA) is 52.6 Å². The zero-order chi connectivity index (χ0) is 19.6. The number of carbonyl (C=O) groups is 1. The summed E-state index contributed by atoms with van der Waals surface area (Å²) in [6, 6.07) is 0. The summed E-state index contributed by atoms with van der Waals surface area (Å²) in [5, 5.41) is 13.1. The van der Waals surface area contributed by atoms with Crippen molar-refractivity contribution in [3.05, 3.63) is 0 Å². The molecule has 1 saturated heterocycles. The van der Waals surface area contributed by atoms with Gasteiger partial charge in [-0.25, -0.2) is 0 Å². The average Bonchev–Trinajstić information content (AvgIpc) is 2.67. The van der Waals surface area contributed by atoms with E-state index < -0.39 is 0 Å². The molecule has 1 unspecified atom stereocenters. The fraction of sp³-hybridized carbons (Fsp3) is 0.955. The van der Waals surface area contributed by atoms with Crippen LogP contribution in [0.3, 0.4) is 0 Å². The molecular formula is C22H45ClN2O2S. The zero-order valence-corrected chi connectivity index (χ0v) is 19.8. The molecule has 0 saturated carbocycles. The summed E-state index contributed by atoms with van der Waals surface area (Å²) in [5.41, 5.74) is 0. The van der Waals surface area contributed by atoms with Crippen LogP contribution in [0.5, 0.6) is 0 Å². The van der Waals surface area contributed by atoms with Crippen LogP contribution in [-0.2, 0) is 4.79 Å². The Morgan fingerprint density at radius 3 is 2.25 bits per heavy atom. The normalized spacial score (nSPS) is 15.8. The molecule has 0 radical (unpaired) electrons. The number of aliphatic hydroxyl groups is 1. The number of unbranched alkanes of at least 4 members (excludes halogenated alkanes) is 8. The molecule has 1 rings (SSSR count). The minimum atomic E-state index is -0.245. The summed E-state index contributed by atoms with van der Waals surface area (Å²) in [7, 11) is 0. The van der Waals surface area contributed by atoms with Gasteiger partial charge in [-0.1, -0.05) is 64.7 Å². The number of nitrogens with zero attached hydrogens (tertiary/aromatic N) is 1. The Morgan fingerprint density at radius 2 is 1.61 bits per heavy atom. The Labute approximate surface area is 184 Å². The van der Waals surface area contributed by atoms with E-state index in [2.05, 4.69) is 17.1 Å². The molecular weight excluding hydrogens is 392 g/mol. The van der Waals surface area contributed by atoms with Crippen molar-refractivity contribution in [3.8, 4) is 0 Å². The Hall–Kier alpha value is 0.0300. The monoisotopic (exact) mass is 436 g/mol. The number of thioether (sulfide) groups is 1. The molecule has 6 heteroatoms. The number of amides is 1. The molecule has 0 spiro atoms. The van der Waals surface area contributed by atoms with E-state index in [4.69, 9.17) is 0 Å². The lowest BCUT2D eigenvalue weighted by molar-refractivity contribution is -0.121. The number of hydrogen-bond donors (Lipinski definition) is 2. The summed E-state index contributed by atoms with van der Waals surface area (Å²) in [4.78, 5) is 14.2. The van der Waals surface area contributed by atoms with Crippen molar-refractivity contribution >= 4 is 30.1 Å². The molecule has 0 aliphatic carbocycles. The molecule has 168 valence electrons. The SMILES string of the molecule is CCCCCCCCCCCC(=O)NCCSCC(O)CN1CCCCC1.Cl. The number of piperidine rings is 1. The van der Waals surface area contributed by atoms with E-state index in [0.717, 1.165) is 44.1 Å². The van der Waals surface area contributed by atoms with E-state index in [0.29, 0.717) is 6.42 Å². The number of likely N-dealkylation sites (tertiary alicyclic amines) is 1. The Balaban J connectivity index is 0.00000729. The van der Waals surface area contributed by atoms with Crippen molar-refractivity contribution in [3.63, 3.8) is 0 Å². The van der Waals surface area contributed by atoms with Gasteiger partial charge < -0.3 is 15.3 Å². The molecule has 1 amide bonds. The van der Waals surface area contributed by atoms with Crippen molar-refractivity contribution in [1.29, 1.82) is 0 Å². The zero-order valence-electron chi connectivity index (χ0n) is 18.1. The number of nitrogens with one attached hydrogen (secondary N) is 1. The Morgan fingerprint density at radius 1 is 1.00 bits per heavy atom. The molecule has 0 aromatic carbocycles. The highest BCUT2D eigenvalue weighted by atomic mass is 35.5. The first-order valence-corrected chi connectivity index (χ1v) is 12.6. The van der Waals surface area contributed by atoms with Crippen molar-refractivity contribution in [2.75, 3.05) is 37.7 Å². The maximum atomic E-state index is 11.8. The molecule has 0 aromatic heterocycles. The van der Waals surface area contributed by atoms with Crippen molar-refractivity contribution < 1.29 is 9.90 Å². The first kappa shape index (κ1) is 28.0. The van der Waals surface area contributed by atoms with Crippen LogP contribution in [0.4, 0.5) is 0 Å².